The molecule has 1 fully saturated rings. The number of carbonyl (C=O) groups is 2. The molecule has 1 N–H and O–H groups in total. The molecule has 1 aliphatic rings. The van der Waals surface area contributed by atoms with Crippen molar-refractivity contribution in [1.82, 2.24) is 4.98 Å². The molecule has 0 aliphatic carbocycles. The van der Waals surface area contributed by atoms with Crippen molar-refractivity contribution < 1.29 is 19.4 Å². The number of rotatable bonds is 6. The van der Waals surface area contributed by atoms with E-state index in [4.69, 9.17) is 17.0 Å². The first kappa shape index (κ1) is 21.2. The minimum atomic E-state index is -1.06. The second kappa shape index (κ2) is 9.01. The van der Waals surface area contributed by atoms with Gasteiger partial charge in [-0.15, -0.1) is 11.3 Å². The van der Waals surface area contributed by atoms with Gasteiger partial charge in [0, 0.05) is 5.38 Å². The molecular formula is C22H16N2O4S3. The highest BCUT2D eigenvalue weighted by Gasteiger charge is 2.33. The van der Waals surface area contributed by atoms with Crippen molar-refractivity contribution in [2.45, 2.75) is 13.5 Å². The average Bonchev–Trinajstić information content (AvgIpc) is 3.29. The van der Waals surface area contributed by atoms with E-state index in [1.54, 1.807) is 29.5 Å². The fourth-order valence-electron chi connectivity index (χ4n) is 2.91. The summed E-state index contributed by atoms with van der Waals surface area (Å²) in [5, 5.41) is 12.2. The first-order valence-corrected chi connectivity index (χ1v) is 11.3. The van der Waals surface area contributed by atoms with E-state index < -0.39 is 5.97 Å². The minimum Gasteiger partial charge on any atom is -0.487 e. The van der Waals surface area contributed by atoms with Gasteiger partial charge in [0.15, 0.2) is 4.32 Å². The van der Waals surface area contributed by atoms with Crippen molar-refractivity contribution in [3.63, 3.8) is 0 Å². The number of aromatic nitrogens is 1. The largest absolute Gasteiger partial charge is 0.487 e. The van der Waals surface area contributed by atoms with Crippen molar-refractivity contribution >= 4 is 63.3 Å². The number of anilines is 1. The van der Waals surface area contributed by atoms with Crippen molar-refractivity contribution in [2.24, 2.45) is 0 Å². The third kappa shape index (κ3) is 4.84. The second-order valence-electron chi connectivity index (χ2n) is 6.59. The Morgan fingerprint density at radius 1 is 1.26 bits per heavy atom. The lowest BCUT2D eigenvalue weighted by molar-refractivity contribution is -0.113. The zero-order valence-corrected chi connectivity index (χ0v) is 18.7. The summed E-state index contributed by atoms with van der Waals surface area (Å²) < 4.78 is 6.11. The summed E-state index contributed by atoms with van der Waals surface area (Å²) in [4.78, 5) is 30.3. The molecule has 0 bridgehead atoms. The molecule has 1 amide bonds. The number of hydrogen-bond acceptors (Lipinski definition) is 7. The fourth-order valence-corrected chi connectivity index (χ4v) is 4.81. The predicted octanol–water partition coefficient (Wildman–Crippen LogP) is 5.13. The van der Waals surface area contributed by atoms with Gasteiger partial charge in [-0.1, -0.05) is 42.2 Å². The molecule has 4 rings (SSSR count). The van der Waals surface area contributed by atoms with Crippen LogP contribution < -0.4 is 9.64 Å². The molecule has 0 unspecified atom stereocenters. The molecule has 2 heterocycles. The number of amides is 1. The Balaban J connectivity index is 1.47. The highest BCUT2D eigenvalue weighted by Crippen LogP contribution is 2.36. The van der Waals surface area contributed by atoms with Gasteiger partial charge in [0.1, 0.15) is 12.4 Å². The molecule has 9 heteroatoms. The van der Waals surface area contributed by atoms with Crippen LogP contribution in [0.25, 0.3) is 6.08 Å². The van der Waals surface area contributed by atoms with Gasteiger partial charge in [0.25, 0.3) is 5.91 Å². The van der Waals surface area contributed by atoms with Crippen LogP contribution in [0.15, 0.2) is 58.8 Å². The summed E-state index contributed by atoms with van der Waals surface area (Å²) in [5.41, 5.74) is 2.25. The number of aryl methyl sites for hydroxylation is 1. The van der Waals surface area contributed by atoms with Crippen LogP contribution in [0.3, 0.4) is 0 Å². The monoisotopic (exact) mass is 468 g/mol. The number of carboxylic acids is 1. The number of thioether (sulfide) groups is 1. The smallest absolute Gasteiger partial charge is 0.335 e. The number of hydrogen-bond donors (Lipinski definition) is 1. The third-order valence-corrected chi connectivity index (χ3v) is 6.50. The van der Waals surface area contributed by atoms with Gasteiger partial charge in [-0.2, -0.15) is 0 Å². The Kier molecular flexibility index (Phi) is 6.17. The van der Waals surface area contributed by atoms with Crippen LogP contribution in [0.1, 0.15) is 26.6 Å². The van der Waals surface area contributed by atoms with E-state index in [-0.39, 0.29) is 11.5 Å². The SMILES string of the molecule is Cc1nc(COc2ccc(/C=C3\SC(=S)N(c4cccc(C(=O)O)c4)C3=O)cc2)cs1. The summed E-state index contributed by atoms with van der Waals surface area (Å²) in [7, 11) is 0. The number of aromatic carboxylic acids is 1. The number of benzene rings is 2. The van der Waals surface area contributed by atoms with Crippen LogP contribution in [0, 0.1) is 6.92 Å². The van der Waals surface area contributed by atoms with Crippen LogP contribution >= 0.6 is 35.3 Å². The molecule has 31 heavy (non-hydrogen) atoms. The van der Waals surface area contributed by atoms with E-state index in [0.717, 1.165) is 16.3 Å². The van der Waals surface area contributed by atoms with Gasteiger partial charge < -0.3 is 9.84 Å². The topological polar surface area (TPSA) is 79.7 Å². The Morgan fingerprint density at radius 3 is 2.71 bits per heavy atom. The number of nitrogens with zero attached hydrogens (tertiary/aromatic N) is 2. The molecule has 0 radical (unpaired) electrons. The van der Waals surface area contributed by atoms with E-state index in [0.29, 0.717) is 27.3 Å². The normalized spacial score (nSPS) is 15.0. The number of ether oxygens (including phenoxy) is 1. The Labute approximate surface area is 192 Å². The molecule has 2 aromatic carbocycles. The van der Waals surface area contributed by atoms with Gasteiger partial charge in [0.2, 0.25) is 0 Å². The summed E-state index contributed by atoms with van der Waals surface area (Å²) in [6.07, 6.45) is 1.76. The first-order valence-electron chi connectivity index (χ1n) is 9.16. The number of thiocarbonyl (C=S) groups is 1. The predicted molar refractivity (Wildman–Crippen MR) is 127 cm³/mol. The lowest BCUT2D eigenvalue weighted by Crippen LogP contribution is -2.27. The van der Waals surface area contributed by atoms with Gasteiger partial charge in [0.05, 0.1) is 26.9 Å². The Bertz CT molecular complexity index is 1200. The zero-order chi connectivity index (χ0) is 22.0. The van der Waals surface area contributed by atoms with Gasteiger partial charge >= 0.3 is 5.97 Å². The van der Waals surface area contributed by atoms with Gasteiger partial charge in [-0.05, 0) is 48.9 Å². The molecule has 1 aliphatic heterocycles. The number of carboxylic acid groups (broad SMARTS) is 1. The molecule has 3 aromatic rings. The highest BCUT2D eigenvalue weighted by atomic mass is 32.2. The molecule has 156 valence electrons. The van der Waals surface area contributed by atoms with Crippen molar-refractivity contribution in [2.75, 3.05) is 4.90 Å². The van der Waals surface area contributed by atoms with Crippen LogP contribution in [0.4, 0.5) is 5.69 Å². The molecule has 0 saturated carbocycles. The van der Waals surface area contributed by atoms with Crippen molar-refractivity contribution in [3.05, 3.63) is 80.6 Å². The quantitative estimate of drug-likeness (QED) is 0.397. The van der Waals surface area contributed by atoms with E-state index >= 15 is 0 Å². The molecular weight excluding hydrogens is 452 g/mol. The van der Waals surface area contributed by atoms with E-state index in [2.05, 4.69) is 4.98 Å². The maximum absolute atomic E-state index is 12.9. The van der Waals surface area contributed by atoms with E-state index in [1.165, 1.54) is 28.8 Å². The highest BCUT2D eigenvalue weighted by molar-refractivity contribution is 8.27. The molecule has 0 spiro atoms. The van der Waals surface area contributed by atoms with Crippen LogP contribution in [-0.4, -0.2) is 26.3 Å². The number of carbonyl (C=O) groups excluding carboxylic acids is 1. The molecule has 6 nitrogen and oxygen atoms in total. The lowest BCUT2D eigenvalue weighted by Gasteiger charge is -2.14. The first-order chi connectivity index (χ1) is 14.9. The van der Waals surface area contributed by atoms with Gasteiger partial charge in [-0.3, -0.25) is 9.69 Å². The van der Waals surface area contributed by atoms with E-state index in [9.17, 15) is 14.7 Å². The maximum Gasteiger partial charge on any atom is 0.335 e. The zero-order valence-electron chi connectivity index (χ0n) is 16.3. The minimum absolute atomic E-state index is 0.0962. The van der Waals surface area contributed by atoms with Crippen LogP contribution in [0.2, 0.25) is 0 Å². The molecule has 1 aromatic heterocycles. The van der Waals surface area contributed by atoms with Gasteiger partial charge in [-0.25, -0.2) is 9.78 Å². The maximum atomic E-state index is 12.9. The lowest BCUT2D eigenvalue weighted by atomic mass is 10.1. The second-order valence-corrected chi connectivity index (χ2v) is 9.33. The molecule has 1 saturated heterocycles. The summed E-state index contributed by atoms with van der Waals surface area (Å²) >= 11 is 8.13. The summed E-state index contributed by atoms with van der Waals surface area (Å²) in [6.45, 7) is 2.35. The van der Waals surface area contributed by atoms with Crippen LogP contribution in [0.5, 0.6) is 5.75 Å². The van der Waals surface area contributed by atoms with Crippen LogP contribution in [-0.2, 0) is 11.4 Å². The molecule has 0 atom stereocenters. The Hall–Kier alpha value is -3.01. The summed E-state index contributed by atoms with van der Waals surface area (Å²) in [5.74, 6) is -0.632. The fraction of sp³-hybridized carbons (Fsp3) is 0.0909. The number of thiazole rings is 1. The van der Waals surface area contributed by atoms with Crippen molar-refractivity contribution in [1.29, 1.82) is 0 Å². The van der Waals surface area contributed by atoms with E-state index in [1.807, 2.05) is 36.6 Å². The van der Waals surface area contributed by atoms with Crippen molar-refractivity contribution in [3.8, 4) is 5.75 Å². The Morgan fingerprint density at radius 2 is 2.03 bits per heavy atom. The average molecular weight is 469 g/mol. The summed E-state index contributed by atoms with van der Waals surface area (Å²) in [6, 6.07) is 13.6. The third-order valence-electron chi connectivity index (χ3n) is 4.38. The standard InChI is InChI=1S/C22H16N2O4S3/c1-13-23-16(12-30-13)11-28-18-7-5-14(6-8-18)9-19-20(25)24(22(29)31-19)17-4-2-3-15(10-17)21(26)27/h2-10,12H,11H2,1H3,(H,26,27)/b19-9-.